The number of aromatic nitrogens is 1. The monoisotopic (exact) mass is 398 g/mol. The van der Waals surface area contributed by atoms with Crippen molar-refractivity contribution in [3.63, 3.8) is 0 Å². The lowest BCUT2D eigenvalue weighted by atomic mass is 9.87. The summed E-state index contributed by atoms with van der Waals surface area (Å²) < 4.78 is 5.50. The zero-order valence-electron chi connectivity index (χ0n) is 18.2. The van der Waals surface area contributed by atoms with E-state index in [0.29, 0.717) is 24.7 Å². The van der Waals surface area contributed by atoms with Crippen LogP contribution in [0, 0.1) is 0 Å². The highest BCUT2D eigenvalue weighted by Crippen LogP contribution is 2.22. The van der Waals surface area contributed by atoms with Crippen LogP contribution < -0.4 is 5.32 Å². The van der Waals surface area contributed by atoms with Crippen LogP contribution in [0.4, 0.5) is 0 Å². The van der Waals surface area contributed by atoms with Crippen LogP contribution in [0.5, 0.6) is 0 Å². The first-order valence-corrected chi connectivity index (χ1v) is 10.6. The van der Waals surface area contributed by atoms with Gasteiger partial charge in [0, 0.05) is 39.3 Å². The lowest BCUT2D eigenvalue weighted by Gasteiger charge is -2.34. The van der Waals surface area contributed by atoms with Crippen molar-refractivity contribution in [1.29, 1.82) is 0 Å². The second kappa shape index (κ2) is 9.55. The van der Waals surface area contributed by atoms with E-state index in [1.807, 2.05) is 6.92 Å². The predicted molar refractivity (Wildman–Crippen MR) is 115 cm³/mol. The highest BCUT2D eigenvalue weighted by Gasteiger charge is 2.20. The minimum absolute atomic E-state index is 0.163. The number of carbonyl (C=O) groups is 1. The second-order valence-electron chi connectivity index (χ2n) is 8.88. The first-order chi connectivity index (χ1) is 13.8. The van der Waals surface area contributed by atoms with Crippen LogP contribution in [0.1, 0.15) is 61.6 Å². The van der Waals surface area contributed by atoms with E-state index in [4.69, 9.17) is 4.42 Å². The molecule has 158 valence electrons. The summed E-state index contributed by atoms with van der Waals surface area (Å²) in [5.74, 6) is 0.446. The molecule has 1 aliphatic heterocycles. The van der Waals surface area contributed by atoms with Crippen LogP contribution in [0.25, 0.3) is 0 Å². The Hall–Kier alpha value is -2.18. The van der Waals surface area contributed by atoms with Gasteiger partial charge < -0.3 is 9.73 Å². The van der Waals surface area contributed by atoms with Crippen LogP contribution in [0.3, 0.4) is 0 Å². The van der Waals surface area contributed by atoms with Gasteiger partial charge in [-0.2, -0.15) is 0 Å². The predicted octanol–water partition coefficient (Wildman–Crippen LogP) is 3.43. The third kappa shape index (κ3) is 6.15. The van der Waals surface area contributed by atoms with Crippen molar-refractivity contribution in [3.05, 3.63) is 53.2 Å². The summed E-state index contributed by atoms with van der Waals surface area (Å²) in [7, 11) is 0. The van der Waals surface area contributed by atoms with Gasteiger partial charge in [0.25, 0.3) is 5.91 Å². The number of rotatable bonds is 7. The van der Waals surface area contributed by atoms with Crippen molar-refractivity contribution in [3.8, 4) is 0 Å². The van der Waals surface area contributed by atoms with Crippen LogP contribution in [0.15, 0.2) is 34.9 Å². The number of piperazine rings is 1. The lowest BCUT2D eigenvalue weighted by Crippen LogP contribution is -2.45. The summed E-state index contributed by atoms with van der Waals surface area (Å²) in [4.78, 5) is 21.1. The van der Waals surface area contributed by atoms with E-state index in [-0.39, 0.29) is 11.3 Å². The summed E-state index contributed by atoms with van der Waals surface area (Å²) >= 11 is 0. The Bertz CT molecular complexity index is 784. The number of benzene rings is 1. The molecule has 0 radical (unpaired) electrons. The summed E-state index contributed by atoms with van der Waals surface area (Å²) in [6.07, 6.45) is 2.36. The normalized spacial score (nSPS) is 16.1. The van der Waals surface area contributed by atoms with E-state index >= 15 is 0 Å². The van der Waals surface area contributed by atoms with E-state index in [0.717, 1.165) is 39.1 Å². The van der Waals surface area contributed by atoms with Crippen LogP contribution in [0.2, 0.25) is 0 Å². The molecule has 0 spiro atoms. The van der Waals surface area contributed by atoms with Gasteiger partial charge in [-0.05, 0) is 23.0 Å². The first-order valence-electron chi connectivity index (χ1n) is 10.6. The zero-order chi connectivity index (χ0) is 20.9. The Labute approximate surface area is 174 Å². The third-order valence-corrected chi connectivity index (χ3v) is 5.37. The number of hydrogen-bond donors (Lipinski definition) is 1. The van der Waals surface area contributed by atoms with Crippen molar-refractivity contribution in [1.82, 2.24) is 20.1 Å². The van der Waals surface area contributed by atoms with Crippen molar-refractivity contribution >= 4 is 5.91 Å². The summed E-state index contributed by atoms with van der Waals surface area (Å²) in [5, 5.41) is 2.82. The maximum absolute atomic E-state index is 11.9. The standard InChI is InChI=1S/C23H34N4O2/c1-5-10-24-22(28)20-17-29-21(25-20)16-27-13-11-26(12-14-27)15-18-6-8-19(9-7-18)23(2,3)4/h6-9,17H,5,10-16H2,1-4H3,(H,24,28). The molecular weight excluding hydrogens is 364 g/mol. The average molecular weight is 399 g/mol. The Balaban J connectivity index is 1.45. The molecule has 0 saturated carbocycles. The zero-order valence-corrected chi connectivity index (χ0v) is 18.2. The lowest BCUT2D eigenvalue weighted by molar-refractivity contribution is 0.0948. The largest absolute Gasteiger partial charge is 0.447 e. The minimum Gasteiger partial charge on any atom is -0.447 e. The Morgan fingerprint density at radius 1 is 1.07 bits per heavy atom. The van der Waals surface area contributed by atoms with Crippen molar-refractivity contribution in [2.24, 2.45) is 0 Å². The fourth-order valence-electron chi connectivity index (χ4n) is 3.48. The summed E-state index contributed by atoms with van der Waals surface area (Å²) in [6, 6.07) is 9.01. The van der Waals surface area contributed by atoms with Gasteiger partial charge in [-0.15, -0.1) is 0 Å². The highest BCUT2D eigenvalue weighted by molar-refractivity contribution is 5.91. The van der Waals surface area contributed by atoms with Gasteiger partial charge in [0.15, 0.2) is 5.69 Å². The molecule has 0 aliphatic carbocycles. The molecule has 2 heterocycles. The molecule has 1 fully saturated rings. The molecule has 6 heteroatoms. The van der Waals surface area contributed by atoms with E-state index in [1.54, 1.807) is 0 Å². The highest BCUT2D eigenvalue weighted by atomic mass is 16.3. The van der Waals surface area contributed by atoms with Gasteiger partial charge in [0.05, 0.1) is 6.54 Å². The minimum atomic E-state index is -0.163. The summed E-state index contributed by atoms with van der Waals surface area (Å²) in [6.45, 7) is 15.0. The Kier molecular flexibility index (Phi) is 7.09. The molecule has 1 amide bonds. The molecule has 29 heavy (non-hydrogen) atoms. The topological polar surface area (TPSA) is 61.6 Å². The first kappa shape index (κ1) is 21.5. The maximum Gasteiger partial charge on any atom is 0.273 e. The molecule has 0 bridgehead atoms. The van der Waals surface area contributed by atoms with E-state index in [1.165, 1.54) is 17.4 Å². The second-order valence-corrected chi connectivity index (χ2v) is 8.88. The number of amides is 1. The molecule has 3 rings (SSSR count). The van der Waals surface area contributed by atoms with Crippen molar-refractivity contribution < 1.29 is 9.21 Å². The number of nitrogens with one attached hydrogen (secondary N) is 1. The maximum atomic E-state index is 11.9. The Morgan fingerprint density at radius 3 is 2.28 bits per heavy atom. The van der Waals surface area contributed by atoms with Gasteiger partial charge >= 0.3 is 0 Å². The molecule has 1 aliphatic rings. The number of carbonyl (C=O) groups excluding carboxylic acids is 1. The van der Waals surface area contributed by atoms with Gasteiger partial charge in [-0.1, -0.05) is 52.0 Å². The SMILES string of the molecule is CCCNC(=O)c1coc(CN2CCN(Cc3ccc(C(C)(C)C)cc3)CC2)n1. The van der Waals surface area contributed by atoms with Gasteiger partial charge in [-0.3, -0.25) is 14.6 Å². The van der Waals surface area contributed by atoms with E-state index < -0.39 is 0 Å². The number of hydrogen-bond acceptors (Lipinski definition) is 5. The molecule has 0 unspecified atom stereocenters. The van der Waals surface area contributed by atoms with E-state index in [9.17, 15) is 4.79 Å². The molecule has 1 saturated heterocycles. The molecule has 0 atom stereocenters. The molecule has 1 aromatic heterocycles. The third-order valence-electron chi connectivity index (χ3n) is 5.37. The molecule has 2 aromatic rings. The number of nitrogens with zero attached hydrogens (tertiary/aromatic N) is 3. The fraction of sp³-hybridized carbons (Fsp3) is 0.565. The van der Waals surface area contributed by atoms with Crippen molar-refractivity contribution in [2.45, 2.75) is 52.6 Å². The smallest absolute Gasteiger partial charge is 0.273 e. The summed E-state index contributed by atoms with van der Waals surface area (Å²) in [5.41, 5.74) is 3.30. The van der Waals surface area contributed by atoms with Crippen LogP contribution in [-0.4, -0.2) is 53.4 Å². The van der Waals surface area contributed by atoms with Gasteiger partial charge in [0.1, 0.15) is 6.26 Å². The average Bonchev–Trinajstić information content (AvgIpc) is 3.16. The van der Waals surface area contributed by atoms with Crippen molar-refractivity contribution in [2.75, 3.05) is 32.7 Å². The van der Waals surface area contributed by atoms with Crippen LogP contribution in [-0.2, 0) is 18.5 Å². The Morgan fingerprint density at radius 2 is 1.69 bits per heavy atom. The van der Waals surface area contributed by atoms with E-state index in [2.05, 4.69) is 65.1 Å². The van der Waals surface area contributed by atoms with Gasteiger partial charge in [-0.25, -0.2) is 4.98 Å². The number of oxazole rings is 1. The van der Waals surface area contributed by atoms with Gasteiger partial charge in [0.2, 0.25) is 5.89 Å². The van der Waals surface area contributed by atoms with Crippen LogP contribution >= 0.6 is 0 Å². The molecule has 1 N–H and O–H groups in total. The molecule has 1 aromatic carbocycles. The fourth-order valence-corrected chi connectivity index (χ4v) is 3.48. The molecule has 6 nitrogen and oxygen atoms in total. The quantitative estimate of drug-likeness (QED) is 0.774. The molecular formula is C23H34N4O2.